The number of hydrogen-bond donors (Lipinski definition) is 1. The van der Waals surface area contributed by atoms with Crippen LogP contribution in [0.5, 0.6) is 0 Å². The predicted molar refractivity (Wildman–Crippen MR) is 61.7 cm³/mol. The molecule has 1 unspecified atom stereocenters. The van der Waals surface area contributed by atoms with E-state index in [1.54, 1.807) is 11.2 Å². The summed E-state index contributed by atoms with van der Waals surface area (Å²) >= 11 is 0. The highest BCUT2D eigenvalue weighted by atomic mass is 16.4. The first-order chi connectivity index (χ1) is 8.61. The van der Waals surface area contributed by atoms with Crippen molar-refractivity contribution in [3.8, 4) is 0 Å². The average Bonchev–Trinajstić information content (AvgIpc) is 2.92. The zero-order valence-corrected chi connectivity index (χ0v) is 10.2. The van der Waals surface area contributed by atoms with Crippen molar-refractivity contribution in [3.05, 3.63) is 12.2 Å². The fraction of sp³-hybridized carbons (Fsp3) is 0.636. The Labute approximate surface area is 104 Å². The van der Waals surface area contributed by atoms with Crippen molar-refractivity contribution >= 4 is 11.9 Å². The van der Waals surface area contributed by atoms with Gasteiger partial charge in [0.1, 0.15) is 12.2 Å². The lowest BCUT2D eigenvalue weighted by atomic mass is 10.1. The van der Waals surface area contributed by atoms with Gasteiger partial charge in [0.15, 0.2) is 0 Å². The van der Waals surface area contributed by atoms with Crippen LogP contribution in [0.2, 0.25) is 0 Å². The highest BCUT2D eigenvalue weighted by Crippen LogP contribution is 2.18. The molecule has 7 heteroatoms. The minimum atomic E-state index is -0.900. The average molecular weight is 252 g/mol. The van der Waals surface area contributed by atoms with E-state index in [0.717, 1.165) is 12.4 Å². The van der Waals surface area contributed by atoms with Crippen molar-refractivity contribution in [2.24, 2.45) is 5.92 Å². The van der Waals surface area contributed by atoms with Gasteiger partial charge in [-0.2, -0.15) is 0 Å². The first-order valence-electron chi connectivity index (χ1n) is 5.99. The van der Waals surface area contributed by atoms with E-state index in [4.69, 9.17) is 5.11 Å². The van der Waals surface area contributed by atoms with Crippen molar-refractivity contribution in [2.45, 2.75) is 26.3 Å². The van der Waals surface area contributed by atoms with Crippen LogP contribution in [0.15, 0.2) is 6.33 Å². The molecule has 0 saturated carbocycles. The normalized spacial score (nSPS) is 19.5. The van der Waals surface area contributed by atoms with Crippen molar-refractivity contribution in [2.75, 3.05) is 13.1 Å². The molecule has 1 saturated heterocycles. The van der Waals surface area contributed by atoms with Gasteiger partial charge in [-0.3, -0.25) is 9.59 Å². The van der Waals surface area contributed by atoms with Gasteiger partial charge < -0.3 is 14.6 Å². The quantitative estimate of drug-likeness (QED) is 0.782. The standard InChI is InChI=1S/C11H16N4O3/c1-2-14-7-12-13-9(14)3-4-15-6-8(11(17)18)5-10(15)16/h7-8H,2-6H2,1H3,(H,17,18). The first kappa shape index (κ1) is 12.5. The van der Waals surface area contributed by atoms with E-state index in [0.29, 0.717) is 19.5 Å². The molecular formula is C11H16N4O3. The molecule has 1 aromatic heterocycles. The van der Waals surface area contributed by atoms with Gasteiger partial charge >= 0.3 is 5.97 Å². The maximum absolute atomic E-state index is 11.6. The van der Waals surface area contributed by atoms with Crippen molar-refractivity contribution in [1.29, 1.82) is 0 Å². The van der Waals surface area contributed by atoms with E-state index in [2.05, 4.69) is 10.2 Å². The fourth-order valence-corrected chi connectivity index (χ4v) is 2.13. The van der Waals surface area contributed by atoms with Crippen LogP contribution in [-0.2, 0) is 22.6 Å². The number of aliphatic carboxylic acids is 1. The van der Waals surface area contributed by atoms with Gasteiger partial charge in [-0.1, -0.05) is 0 Å². The number of carbonyl (C=O) groups excluding carboxylic acids is 1. The monoisotopic (exact) mass is 252 g/mol. The third-order valence-corrected chi connectivity index (χ3v) is 3.21. The number of nitrogens with zero attached hydrogens (tertiary/aromatic N) is 4. The summed E-state index contributed by atoms with van der Waals surface area (Å²) < 4.78 is 1.91. The number of aryl methyl sites for hydroxylation is 1. The molecule has 18 heavy (non-hydrogen) atoms. The van der Waals surface area contributed by atoms with Crippen LogP contribution in [0, 0.1) is 5.92 Å². The summed E-state index contributed by atoms with van der Waals surface area (Å²) in [6.07, 6.45) is 2.36. The third kappa shape index (κ3) is 2.49. The Morgan fingerprint density at radius 2 is 2.39 bits per heavy atom. The highest BCUT2D eigenvalue weighted by molar-refractivity contribution is 5.86. The largest absolute Gasteiger partial charge is 0.481 e. The van der Waals surface area contributed by atoms with Crippen LogP contribution in [0.1, 0.15) is 19.2 Å². The van der Waals surface area contributed by atoms with Crippen molar-refractivity contribution in [1.82, 2.24) is 19.7 Å². The smallest absolute Gasteiger partial charge is 0.308 e. The molecule has 2 heterocycles. The second kappa shape index (κ2) is 5.16. The SMILES string of the molecule is CCn1cnnc1CCN1CC(C(=O)O)CC1=O. The lowest BCUT2D eigenvalue weighted by Gasteiger charge is -2.15. The van der Waals surface area contributed by atoms with Gasteiger partial charge in [-0.15, -0.1) is 10.2 Å². The lowest BCUT2D eigenvalue weighted by Crippen LogP contribution is -2.29. The molecule has 2 rings (SSSR count). The Kier molecular flexibility index (Phi) is 3.59. The van der Waals surface area contributed by atoms with Gasteiger partial charge in [0.05, 0.1) is 5.92 Å². The molecule has 1 aromatic rings. The fourth-order valence-electron chi connectivity index (χ4n) is 2.13. The number of hydrogen-bond acceptors (Lipinski definition) is 4. The molecule has 1 atom stereocenters. The predicted octanol–water partition coefficient (Wildman–Crippen LogP) is -0.226. The molecule has 1 amide bonds. The zero-order chi connectivity index (χ0) is 13.1. The molecule has 0 radical (unpaired) electrons. The van der Waals surface area contributed by atoms with E-state index < -0.39 is 11.9 Å². The van der Waals surface area contributed by atoms with Gasteiger partial charge in [0.25, 0.3) is 0 Å². The second-order valence-electron chi connectivity index (χ2n) is 4.36. The number of carboxylic acids is 1. The number of carbonyl (C=O) groups is 2. The summed E-state index contributed by atoms with van der Waals surface area (Å²) in [5, 5.41) is 16.7. The molecule has 0 bridgehead atoms. The Morgan fingerprint density at radius 3 is 3.00 bits per heavy atom. The van der Waals surface area contributed by atoms with E-state index in [-0.39, 0.29) is 12.3 Å². The van der Waals surface area contributed by atoms with Crippen molar-refractivity contribution in [3.63, 3.8) is 0 Å². The molecule has 0 spiro atoms. The molecule has 1 N–H and O–H groups in total. The highest BCUT2D eigenvalue weighted by Gasteiger charge is 2.33. The third-order valence-electron chi connectivity index (χ3n) is 3.21. The molecule has 1 aliphatic heterocycles. The maximum Gasteiger partial charge on any atom is 0.308 e. The van der Waals surface area contributed by atoms with Gasteiger partial charge in [0.2, 0.25) is 5.91 Å². The summed E-state index contributed by atoms with van der Waals surface area (Å²) in [4.78, 5) is 24.0. The zero-order valence-electron chi connectivity index (χ0n) is 10.2. The van der Waals surface area contributed by atoms with Gasteiger partial charge in [-0.05, 0) is 6.92 Å². The Bertz CT molecular complexity index is 457. The van der Waals surface area contributed by atoms with Crippen molar-refractivity contribution < 1.29 is 14.7 Å². The van der Waals surface area contributed by atoms with Crippen LogP contribution in [0.25, 0.3) is 0 Å². The van der Waals surface area contributed by atoms with E-state index >= 15 is 0 Å². The summed E-state index contributed by atoms with van der Waals surface area (Å²) in [5.41, 5.74) is 0. The minimum absolute atomic E-state index is 0.0926. The Balaban J connectivity index is 1.91. The Hall–Kier alpha value is -1.92. The number of amides is 1. The number of rotatable bonds is 5. The molecule has 98 valence electrons. The molecule has 1 aliphatic rings. The molecular weight excluding hydrogens is 236 g/mol. The van der Waals surface area contributed by atoms with E-state index in [1.807, 2.05) is 11.5 Å². The number of likely N-dealkylation sites (tertiary alicyclic amines) is 1. The summed E-state index contributed by atoms with van der Waals surface area (Å²) in [7, 11) is 0. The van der Waals surface area contributed by atoms with E-state index in [1.165, 1.54) is 0 Å². The van der Waals surface area contributed by atoms with Crippen LogP contribution >= 0.6 is 0 Å². The summed E-state index contributed by atoms with van der Waals surface area (Å²) in [6, 6.07) is 0. The maximum atomic E-state index is 11.6. The van der Waals surface area contributed by atoms with Crippen LogP contribution in [-0.4, -0.2) is 49.7 Å². The van der Waals surface area contributed by atoms with Crippen LogP contribution < -0.4 is 0 Å². The molecule has 1 fully saturated rings. The number of carboxylic acid groups (broad SMARTS) is 1. The molecule has 0 aromatic carbocycles. The van der Waals surface area contributed by atoms with Crippen LogP contribution in [0.4, 0.5) is 0 Å². The molecule has 7 nitrogen and oxygen atoms in total. The summed E-state index contributed by atoms with van der Waals surface area (Å²) in [5.74, 6) is -0.738. The lowest BCUT2D eigenvalue weighted by molar-refractivity contribution is -0.141. The number of aromatic nitrogens is 3. The van der Waals surface area contributed by atoms with E-state index in [9.17, 15) is 9.59 Å². The van der Waals surface area contributed by atoms with Crippen LogP contribution in [0.3, 0.4) is 0 Å². The van der Waals surface area contributed by atoms with Gasteiger partial charge in [0, 0.05) is 32.5 Å². The molecule has 0 aliphatic carbocycles. The second-order valence-corrected chi connectivity index (χ2v) is 4.36. The topological polar surface area (TPSA) is 88.3 Å². The minimum Gasteiger partial charge on any atom is -0.481 e. The first-order valence-corrected chi connectivity index (χ1v) is 5.99. The Morgan fingerprint density at radius 1 is 1.61 bits per heavy atom. The summed E-state index contributed by atoms with van der Waals surface area (Å²) in [6.45, 7) is 3.58. The van der Waals surface area contributed by atoms with Gasteiger partial charge in [-0.25, -0.2) is 0 Å².